The van der Waals surface area contributed by atoms with E-state index >= 15 is 0 Å². The first kappa shape index (κ1) is 20.6. The van der Waals surface area contributed by atoms with Crippen molar-refractivity contribution in [1.82, 2.24) is 9.88 Å². The molecule has 0 atom stereocenters. The molecule has 3 aromatic rings. The molecule has 1 aliphatic rings. The van der Waals surface area contributed by atoms with Crippen LogP contribution in [0.25, 0.3) is 0 Å². The van der Waals surface area contributed by atoms with Crippen LogP contribution in [-0.4, -0.2) is 36.0 Å². The number of thiazole rings is 1. The number of aromatic nitrogens is 1. The van der Waals surface area contributed by atoms with Crippen molar-refractivity contribution in [3.8, 4) is 11.5 Å². The molecule has 0 bridgehead atoms. The Morgan fingerprint density at radius 2 is 1.87 bits per heavy atom. The number of halogens is 1. The smallest absolute Gasteiger partial charge is 0.325 e. The van der Waals surface area contributed by atoms with E-state index in [1.165, 1.54) is 37.7 Å². The van der Waals surface area contributed by atoms with Gasteiger partial charge in [-0.05, 0) is 29.8 Å². The number of methoxy groups -OCH3 is 2. The number of amides is 3. The van der Waals surface area contributed by atoms with Crippen molar-refractivity contribution < 1.29 is 23.5 Å². The average molecular weight is 442 g/mol. The molecular weight excluding hydrogens is 423 g/mol. The van der Waals surface area contributed by atoms with Gasteiger partial charge in [0.2, 0.25) is 0 Å². The molecule has 8 nitrogen and oxygen atoms in total. The molecule has 0 spiro atoms. The highest BCUT2D eigenvalue weighted by Crippen LogP contribution is 2.32. The fraction of sp³-hybridized carbons (Fsp3) is 0.190. The van der Waals surface area contributed by atoms with Crippen molar-refractivity contribution in [2.75, 3.05) is 24.9 Å². The Morgan fingerprint density at radius 1 is 1.13 bits per heavy atom. The number of rotatable bonds is 6. The number of carbonyl (C=O) groups is 2. The van der Waals surface area contributed by atoms with Gasteiger partial charge in [-0.15, -0.1) is 0 Å². The van der Waals surface area contributed by atoms with E-state index in [0.29, 0.717) is 41.1 Å². The van der Waals surface area contributed by atoms with Gasteiger partial charge in [-0.25, -0.2) is 14.2 Å². The Balaban J connectivity index is 1.38. The zero-order valence-electron chi connectivity index (χ0n) is 16.8. The summed E-state index contributed by atoms with van der Waals surface area (Å²) in [6.45, 7) is 0.757. The SMILES string of the molecule is COc1ccc(NC(=O)Nc2nc3c(s2)CN(Cc2ccc(F)cc2)C3=O)cc1OC. The molecule has 2 aromatic carbocycles. The van der Waals surface area contributed by atoms with Gasteiger partial charge < -0.3 is 19.7 Å². The van der Waals surface area contributed by atoms with Gasteiger partial charge in [-0.2, -0.15) is 0 Å². The molecule has 2 N–H and O–H groups in total. The molecule has 0 radical (unpaired) electrons. The van der Waals surface area contributed by atoms with Crippen molar-refractivity contribution >= 4 is 34.1 Å². The van der Waals surface area contributed by atoms with Crippen molar-refractivity contribution in [1.29, 1.82) is 0 Å². The van der Waals surface area contributed by atoms with Crippen LogP contribution >= 0.6 is 11.3 Å². The van der Waals surface area contributed by atoms with Crippen molar-refractivity contribution in [3.05, 3.63) is 64.4 Å². The number of benzene rings is 2. The van der Waals surface area contributed by atoms with Gasteiger partial charge in [-0.3, -0.25) is 10.1 Å². The van der Waals surface area contributed by atoms with Crippen molar-refractivity contribution in [3.63, 3.8) is 0 Å². The van der Waals surface area contributed by atoms with Gasteiger partial charge in [0, 0.05) is 18.3 Å². The number of carbonyl (C=O) groups excluding carboxylic acids is 2. The molecular formula is C21H19FN4O4S. The minimum atomic E-state index is -0.490. The van der Waals surface area contributed by atoms with E-state index in [1.807, 2.05) is 0 Å². The van der Waals surface area contributed by atoms with E-state index in [2.05, 4.69) is 15.6 Å². The largest absolute Gasteiger partial charge is 0.493 e. The van der Waals surface area contributed by atoms with E-state index in [4.69, 9.17) is 9.47 Å². The van der Waals surface area contributed by atoms with Crippen molar-refractivity contribution in [2.45, 2.75) is 13.1 Å². The molecule has 3 amide bonds. The first-order valence-electron chi connectivity index (χ1n) is 9.30. The zero-order chi connectivity index (χ0) is 22.0. The molecule has 1 aliphatic heterocycles. The standard InChI is InChI=1S/C21H19FN4O4S/c1-29-15-8-7-14(9-16(15)30-2)23-20(28)25-21-24-18-17(31-21)11-26(19(18)27)10-12-3-5-13(22)6-4-12/h3-9H,10-11H2,1-2H3,(H2,23,24,25,28). The lowest BCUT2D eigenvalue weighted by Crippen LogP contribution is -2.24. The number of nitrogens with one attached hydrogen (secondary N) is 2. The summed E-state index contributed by atoms with van der Waals surface area (Å²) >= 11 is 1.24. The molecule has 0 saturated heterocycles. The highest BCUT2D eigenvalue weighted by molar-refractivity contribution is 7.16. The lowest BCUT2D eigenvalue weighted by Gasteiger charge is -2.15. The number of anilines is 2. The van der Waals surface area contributed by atoms with Gasteiger partial charge in [-0.1, -0.05) is 23.5 Å². The first-order chi connectivity index (χ1) is 15.0. The Morgan fingerprint density at radius 3 is 2.55 bits per heavy atom. The molecule has 10 heteroatoms. The third-order valence-electron chi connectivity index (χ3n) is 4.67. The van der Waals surface area contributed by atoms with E-state index < -0.39 is 6.03 Å². The van der Waals surface area contributed by atoms with Crippen LogP contribution < -0.4 is 20.1 Å². The summed E-state index contributed by atoms with van der Waals surface area (Å²) in [6, 6.07) is 10.5. The van der Waals surface area contributed by atoms with Crippen molar-refractivity contribution in [2.24, 2.45) is 0 Å². The van der Waals surface area contributed by atoms with E-state index in [9.17, 15) is 14.0 Å². The van der Waals surface area contributed by atoms with Crippen LogP contribution in [0.3, 0.4) is 0 Å². The second kappa shape index (κ2) is 8.60. The highest BCUT2D eigenvalue weighted by Gasteiger charge is 2.32. The summed E-state index contributed by atoms with van der Waals surface area (Å²) in [7, 11) is 3.04. The van der Waals surface area contributed by atoms with E-state index in [1.54, 1.807) is 35.2 Å². The van der Waals surface area contributed by atoms with Gasteiger partial charge in [0.1, 0.15) is 11.5 Å². The molecule has 2 heterocycles. The third kappa shape index (κ3) is 4.43. The predicted molar refractivity (Wildman–Crippen MR) is 114 cm³/mol. The molecule has 160 valence electrons. The van der Waals surface area contributed by atoms with Crippen LogP contribution in [-0.2, 0) is 13.1 Å². The Kier molecular flexibility index (Phi) is 5.72. The van der Waals surface area contributed by atoms with Crippen LogP contribution in [0.15, 0.2) is 42.5 Å². The topological polar surface area (TPSA) is 92.8 Å². The normalized spacial score (nSPS) is 12.5. The molecule has 0 fully saturated rings. The van der Waals surface area contributed by atoms with Gasteiger partial charge in [0.05, 0.1) is 25.6 Å². The maximum absolute atomic E-state index is 13.1. The number of hydrogen-bond donors (Lipinski definition) is 2. The summed E-state index contributed by atoms with van der Waals surface area (Å²) in [5.74, 6) is 0.497. The number of fused-ring (bicyclic) bond motifs is 1. The Bertz CT molecular complexity index is 1130. The highest BCUT2D eigenvalue weighted by atomic mass is 32.1. The summed E-state index contributed by atoms with van der Waals surface area (Å²) < 4.78 is 23.5. The number of hydrogen-bond acceptors (Lipinski definition) is 6. The summed E-state index contributed by atoms with van der Waals surface area (Å²) in [5.41, 5.74) is 1.67. The van der Waals surface area contributed by atoms with Gasteiger partial charge in [0.25, 0.3) is 5.91 Å². The van der Waals surface area contributed by atoms with E-state index in [0.717, 1.165) is 10.4 Å². The molecule has 4 rings (SSSR count). The van der Waals surface area contributed by atoms with Crippen LogP contribution in [0.1, 0.15) is 20.9 Å². The number of ether oxygens (including phenoxy) is 2. The molecule has 0 unspecified atom stereocenters. The molecule has 0 saturated carbocycles. The third-order valence-corrected chi connectivity index (χ3v) is 5.63. The second-order valence-electron chi connectivity index (χ2n) is 6.73. The maximum atomic E-state index is 13.1. The predicted octanol–water partition coefficient (Wildman–Crippen LogP) is 4.10. The molecule has 31 heavy (non-hydrogen) atoms. The quantitative estimate of drug-likeness (QED) is 0.600. The first-order valence-corrected chi connectivity index (χ1v) is 10.1. The minimum absolute atomic E-state index is 0.219. The Hall–Kier alpha value is -3.66. The lowest BCUT2D eigenvalue weighted by atomic mass is 10.2. The lowest BCUT2D eigenvalue weighted by molar-refractivity contribution is 0.0762. The average Bonchev–Trinajstić information content (AvgIpc) is 3.27. The van der Waals surface area contributed by atoms with Crippen LogP contribution in [0.2, 0.25) is 0 Å². The van der Waals surface area contributed by atoms with Gasteiger partial charge in [0.15, 0.2) is 16.6 Å². The van der Waals surface area contributed by atoms with Crippen LogP contribution in [0.4, 0.5) is 20.0 Å². The number of nitrogens with zero attached hydrogens (tertiary/aromatic N) is 2. The second-order valence-corrected chi connectivity index (χ2v) is 7.81. The summed E-state index contributed by atoms with van der Waals surface area (Å²) in [5, 5.41) is 5.67. The van der Waals surface area contributed by atoms with Gasteiger partial charge >= 0.3 is 6.03 Å². The van der Waals surface area contributed by atoms with Crippen LogP contribution in [0.5, 0.6) is 11.5 Å². The van der Waals surface area contributed by atoms with Crippen LogP contribution in [0, 0.1) is 5.82 Å². The zero-order valence-corrected chi connectivity index (χ0v) is 17.6. The minimum Gasteiger partial charge on any atom is -0.493 e. The fourth-order valence-electron chi connectivity index (χ4n) is 3.19. The summed E-state index contributed by atoms with van der Waals surface area (Å²) in [6.07, 6.45) is 0. The number of urea groups is 1. The van der Waals surface area contributed by atoms with E-state index in [-0.39, 0.29) is 11.7 Å². The maximum Gasteiger partial charge on any atom is 0.325 e. The fourth-order valence-corrected chi connectivity index (χ4v) is 4.15. The monoisotopic (exact) mass is 442 g/mol. The molecule has 1 aromatic heterocycles. The Labute approximate surface area is 181 Å². The summed E-state index contributed by atoms with van der Waals surface area (Å²) in [4.78, 5) is 31.6. The molecule has 0 aliphatic carbocycles.